The lowest BCUT2D eigenvalue weighted by Crippen LogP contribution is -2.13. The second kappa shape index (κ2) is 8.44. The van der Waals surface area contributed by atoms with Crippen LogP contribution in [0.15, 0.2) is 36.4 Å². The van der Waals surface area contributed by atoms with E-state index < -0.39 is 0 Å². The van der Waals surface area contributed by atoms with E-state index in [1.807, 2.05) is 24.3 Å². The van der Waals surface area contributed by atoms with Crippen LogP contribution in [0.3, 0.4) is 0 Å². The highest BCUT2D eigenvalue weighted by Gasteiger charge is 2.23. The summed E-state index contributed by atoms with van der Waals surface area (Å²) in [6.07, 6.45) is 1.11. The summed E-state index contributed by atoms with van der Waals surface area (Å²) in [7, 11) is 0. The summed E-state index contributed by atoms with van der Waals surface area (Å²) >= 11 is 0. The van der Waals surface area contributed by atoms with E-state index in [2.05, 4.69) is 26.8 Å². The number of benzene rings is 2. The highest BCUT2D eigenvalue weighted by atomic mass is 16.6. The summed E-state index contributed by atoms with van der Waals surface area (Å²) in [4.78, 5) is 0. The van der Waals surface area contributed by atoms with E-state index in [4.69, 9.17) is 19.5 Å². The highest BCUT2D eigenvalue weighted by Crippen LogP contribution is 2.35. The first-order valence-electron chi connectivity index (χ1n) is 9.35. The third-order valence-corrected chi connectivity index (χ3v) is 4.55. The summed E-state index contributed by atoms with van der Waals surface area (Å²) in [5.41, 5.74) is 2.81. The molecule has 0 amide bonds. The molecule has 1 atom stereocenters. The Balaban J connectivity index is 1.78. The predicted molar refractivity (Wildman–Crippen MR) is 105 cm³/mol. The van der Waals surface area contributed by atoms with Crippen molar-refractivity contribution in [3.8, 4) is 23.6 Å². The molecular formula is C23H24N2O3. The zero-order valence-electron chi connectivity index (χ0n) is 16.5. The Bertz CT molecular complexity index is 928. The molecule has 0 bridgehead atoms. The van der Waals surface area contributed by atoms with Crippen LogP contribution < -0.4 is 4.74 Å². The lowest BCUT2D eigenvalue weighted by molar-refractivity contribution is 0.119. The van der Waals surface area contributed by atoms with Gasteiger partial charge in [-0.1, -0.05) is 32.9 Å². The van der Waals surface area contributed by atoms with Crippen LogP contribution in [0, 0.1) is 22.7 Å². The summed E-state index contributed by atoms with van der Waals surface area (Å²) in [6.45, 7) is 8.54. The molecule has 1 unspecified atom stereocenters. The standard InChI is InChI=1S/C23H24N2O3/c1-23(2,3)21-10-16(8-9-26-14-20-15-27-20)4-7-22(21)28-19-6-5-17(12-24)18(11-19)13-25/h4-7,10-11,20H,8-9,14-15H2,1-3H3. The molecule has 3 rings (SSSR count). The minimum atomic E-state index is -0.112. The van der Waals surface area contributed by atoms with Gasteiger partial charge in [-0.25, -0.2) is 0 Å². The molecule has 5 heteroatoms. The SMILES string of the molecule is CC(C)(C)c1cc(CCOCC2CO2)ccc1Oc1ccc(C#N)c(C#N)c1. The van der Waals surface area contributed by atoms with Crippen LogP contribution in [0.25, 0.3) is 0 Å². The fraction of sp³-hybridized carbons (Fsp3) is 0.391. The van der Waals surface area contributed by atoms with Gasteiger partial charge in [0, 0.05) is 5.56 Å². The van der Waals surface area contributed by atoms with Gasteiger partial charge in [0.15, 0.2) is 0 Å². The van der Waals surface area contributed by atoms with E-state index in [1.165, 1.54) is 5.56 Å². The van der Waals surface area contributed by atoms with Crippen molar-refractivity contribution in [3.05, 3.63) is 58.7 Å². The molecule has 1 heterocycles. The highest BCUT2D eigenvalue weighted by molar-refractivity contribution is 5.51. The molecule has 1 aliphatic rings. The number of hydrogen-bond donors (Lipinski definition) is 0. The smallest absolute Gasteiger partial charge is 0.131 e. The fourth-order valence-electron chi connectivity index (χ4n) is 2.88. The van der Waals surface area contributed by atoms with Crippen molar-refractivity contribution in [2.45, 2.75) is 38.7 Å². The van der Waals surface area contributed by atoms with E-state index in [1.54, 1.807) is 18.2 Å². The monoisotopic (exact) mass is 376 g/mol. The van der Waals surface area contributed by atoms with Gasteiger partial charge >= 0.3 is 0 Å². The van der Waals surface area contributed by atoms with Crippen LogP contribution in [0.5, 0.6) is 11.5 Å². The minimum absolute atomic E-state index is 0.112. The van der Waals surface area contributed by atoms with Gasteiger partial charge in [-0.15, -0.1) is 0 Å². The van der Waals surface area contributed by atoms with E-state index in [0.717, 1.165) is 24.3 Å². The second-order valence-electron chi connectivity index (χ2n) is 7.89. The second-order valence-corrected chi connectivity index (χ2v) is 7.89. The van der Waals surface area contributed by atoms with Gasteiger partial charge in [-0.2, -0.15) is 10.5 Å². The number of nitriles is 2. The van der Waals surface area contributed by atoms with Crippen LogP contribution in [0.1, 0.15) is 43.0 Å². The maximum atomic E-state index is 9.22. The van der Waals surface area contributed by atoms with Crippen molar-refractivity contribution < 1.29 is 14.2 Å². The summed E-state index contributed by atoms with van der Waals surface area (Å²) < 4.78 is 16.9. The minimum Gasteiger partial charge on any atom is -0.457 e. The number of ether oxygens (including phenoxy) is 3. The first-order valence-corrected chi connectivity index (χ1v) is 9.35. The van der Waals surface area contributed by atoms with Gasteiger partial charge in [0.2, 0.25) is 0 Å². The third kappa shape index (κ3) is 5.10. The van der Waals surface area contributed by atoms with Crippen LogP contribution in [0.2, 0.25) is 0 Å². The Morgan fingerprint density at radius 2 is 1.82 bits per heavy atom. The average molecular weight is 376 g/mol. The van der Waals surface area contributed by atoms with E-state index >= 15 is 0 Å². The van der Waals surface area contributed by atoms with Gasteiger partial charge in [0.25, 0.3) is 0 Å². The van der Waals surface area contributed by atoms with E-state index in [0.29, 0.717) is 30.1 Å². The molecular weight excluding hydrogens is 352 g/mol. The molecule has 5 nitrogen and oxygen atoms in total. The third-order valence-electron chi connectivity index (χ3n) is 4.55. The zero-order valence-corrected chi connectivity index (χ0v) is 16.5. The summed E-state index contributed by atoms with van der Waals surface area (Å²) in [5.74, 6) is 1.29. The lowest BCUT2D eigenvalue weighted by Gasteiger charge is -2.24. The predicted octanol–water partition coefficient (Wildman–Crippen LogP) is 4.48. The molecule has 144 valence electrons. The molecule has 1 fully saturated rings. The number of nitrogens with zero attached hydrogens (tertiary/aromatic N) is 2. The van der Waals surface area contributed by atoms with Crippen molar-refractivity contribution in [1.29, 1.82) is 10.5 Å². The molecule has 1 aliphatic heterocycles. The van der Waals surface area contributed by atoms with Crippen molar-refractivity contribution in [1.82, 2.24) is 0 Å². The van der Waals surface area contributed by atoms with Crippen LogP contribution >= 0.6 is 0 Å². The molecule has 28 heavy (non-hydrogen) atoms. The lowest BCUT2D eigenvalue weighted by atomic mass is 9.85. The van der Waals surface area contributed by atoms with Crippen LogP contribution in [0.4, 0.5) is 0 Å². The molecule has 0 spiro atoms. The molecule has 2 aromatic rings. The van der Waals surface area contributed by atoms with Gasteiger partial charge in [0.05, 0.1) is 30.9 Å². The van der Waals surface area contributed by atoms with Crippen molar-refractivity contribution in [2.75, 3.05) is 19.8 Å². The molecule has 0 radical (unpaired) electrons. The van der Waals surface area contributed by atoms with Gasteiger partial charge in [0.1, 0.15) is 29.7 Å². The fourth-order valence-corrected chi connectivity index (χ4v) is 2.88. The first-order chi connectivity index (χ1) is 13.4. The number of hydrogen-bond acceptors (Lipinski definition) is 5. The largest absolute Gasteiger partial charge is 0.457 e. The van der Waals surface area contributed by atoms with Crippen LogP contribution in [-0.4, -0.2) is 25.9 Å². The Hall–Kier alpha value is -2.86. The van der Waals surface area contributed by atoms with E-state index in [-0.39, 0.29) is 11.5 Å². The molecule has 2 aromatic carbocycles. The van der Waals surface area contributed by atoms with Crippen LogP contribution in [-0.2, 0) is 21.3 Å². The maximum absolute atomic E-state index is 9.22. The van der Waals surface area contributed by atoms with Crippen molar-refractivity contribution in [2.24, 2.45) is 0 Å². The summed E-state index contributed by atoms with van der Waals surface area (Å²) in [5, 5.41) is 18.3. The number of epoxide rings is 1. The zero-order chi connectivity index (χ0) is 20.1. The van der Waals surface area contributed by atoms with Gasteiger partial charge < -0.3 is 14.2 Å². The average Bonchev–Trinajstić information content (AvgIpc) is 3.49. The Kier molecular flexibility index (Phi) is 5.99. The molecule has 1 saturated heterocycles. The molecule has 0 N–H and O–H groups in total. The Labute approximate surface area is 166 Å². The van der Waals surface area contributed by atoms with Crippen molar-refractivity contribution >= 4 is 0 Å². The quantitative estimate of drug-likeness (QED) is 0.526. The normalized spacial score (nSPS) is 15.5. The van der Waals surface area contributed by atoms with Gasteiger partial charge in [-0.05, 0) is 41.7 Å². The maximum Gasteiger partial charge on any atom is 0.131 e. The first kappa shape index (κ1) is 19.9. The molecule has 0 aromatic heterocycles. The Morgan fingerprint density at radius 3 is 2.46 bits per heavy atom. The molecule has 0 aliphatic carbocycles. The Morgan fingerprint density at radius 1 is 1.07 bits per heavy atom. The van der Waals surface area contributed by atoms with Gasteiger partial charge in [-0.3, -0.25) is 0 Å². The number of rotatable bonds is 7. The summed E-state index contributed by atoms with van der Waals surface area (Å²) in [6, 6.07) is 15.1. The topological polar surface area (TPSA) is 78.6 Å². The van der Waals surface area contributed by atoms with Crippen molar-refractivity contribution in [3.63, 3.8) is 0 Å². The molecule has 0 saturated carbocycles. The van der Waals surface area contributed by atoms with E-state index in [9.17, 15) is 5.26 Å².